The zero-order valence-electron chi connectivity index (χ0n) is 9.11. The third-order valence-corrected chi connectivity index (χ3v) is 2.75. The van der Waals surface area contributed by atoms with Crippen molar-refractivity contribution in [2.75, 3.05) is 18.5 Å². The topological polar surface area (TPSA) is 3.24 Å². The zero-order valence-corrected chi connectivity index (χ0v) is 9.86. The molecule has 0 aliphatic rings. The van der Waals surface area contributed by atoms with E-state index in [0.29, 0.717) is 12.2 Å². The monoisotopic (exact) mass is 251 g/mol. The second kappa shape index (κ2) is 4.95. The molecule has 0 unspecified atom stereocenters. The summed E-state index contributed by atoms with van der Waals surface area (Å²) in [5.41, 5.74) is 0.00594. The Hall–Kier alpha value is -0.900. The average molecular weight is 252 g/mol. The molecule has 0 aromatic heterocycles. The SMILES string of the molecule is CCN(C)c1ccc(CCl)c(C(F)(F)F)c1. The molecule has 0 aliphatic carbocycles. The number of hydrogen-bond donors (Lipinski definition) is 0. The van der Waals surface area contributed by atoms with Crippen LogP contribution in [-0.2, 0) is 12.1 Å². The third kappa shape index (κ3) is 2.82. The highest BCUT2D eigenvalue weighted by Crippen LogP contribution is 2.35. The van der Waals surface area contributed by atoms with Crippen molar-refractivity contribution in [1.29, 1.82) is 0 Å². The lowest BCUT2D eigenvalue weighted by Crippen LogP contribution is -2.17. The van der Waals surface area contributed by atoms with Gasteiger partial charge in [0.05, 0.1) is 5.56 Å². The second-order valence-corrected chi connectivity index (χ2v) is 3.75. The van der Waals surface area contributed by atoms with Crippen LogP contribution in [0.2, 0.25) is 0 Å². The molecule has 90 valence electrons. The molecule has 0 N–H and O–H groups in total. The number of hydrogen-bond acceptors (Lipinski definition) is 1. The Balaban J connectivity index is 3.22. The summed E-state index contributed by atoms with van der Waals surface area (Å²) < 4.78 is 38.1. The van der Waals surface area contributed by atoms with Gasteiger partial charge in [0.15, 0.2) is 0 Å². The standard InChI is InChI=1S/C11H13ClF3N/c1-3-16(2)9-5-4-8(7-12)10(6-9)11(13,14)15/h4-6H,3,7H2,1-2H3. The minimum Gasteiger partial charge on any atom is -0.375 e. The van der Waals surface area contributed by atoms with E-state index in [9.17, 15) is 13.2 Å². The van der Waals surface area contributed by atoms with Gasteiger partial charge in [-0.3, -0.25) is 0 Å². The number of benzene rings is 1. The maximum Gasteiger partial charge on any atom is 0.416 e. The molecule has 0 radical (unpaired) electrons. The molecule has 0 amide bonds. The van der Waals surface area contributed by atoms with E-state index in [1.165, 1.54) is 6.07 Å². The third-order valence-electron chi connectivity index (χ3n) is 2.46. The Morgan fingerprint density at radius 1 is 1.31 bits per heavy atom. The van der Waals surface area contributed by atoms with Gasteiger partial charge >= 0.3 is 6.18 Å². The Bertz CT molecular complexity index is 363. The molecule has 0 spiro atoms. The lowest BCUT2D eigenvalue weighted by molar-refractivity contribution is -0.138. The van der Waals surface area contributed by atoms with Crippen LogP contribution in [0.3, 0.4) is 0 Å². The summed E-state index contributed by atoms with van der Waals surface area (Å²) in [6.45, 7) is 2.53. The molecule has 1 aromatic carbocycles. The Morgan fingerprint density at radius 3 is 2.38 bits per heavy atom. The first-order valence-electron chi connectivity index (χ1n) is 4.87. The molecule has 1 aromatic rings. The highest BCUT2D eigenvalue weighted by atomic mass is 35.5. The summed E-state index contributed by atoms with van der Waals surface area (Å²) in [6, 6.07) is 4.22. The normalized spacial score (nSPS) is 11.6. The Kier molecular flexibility index (Phi) is 4.08. The first-order chi connectivity index (χ1) is 7.40. The molecule has 16 heavy (non-hydrogen) atoms. The summed E-state index contributed by atoms with van der Waals surface area (Å²) in [4.78, 5) is 1.74. The van der Waals surface area contributed by atoms with Gasteiger partial charge in [0, 0.05) is 25.2 Å². The summed E-state index contributed by atoms with van der Waals surface area (Å²) in [6.07, 6.45) is -4.35. The van der Waals surface area contributed by atoms with Crippen LogP contribution >= 0.6 is 11.6 Å². The first kappa shape index (κ1) is 13.2. The summed E-state index contributed by atoms with van der Waals surface area (Å²) in [5.74, 6) is -0.134. The molecule has 0 saturated carbocycles. The second-order valence-electron chi connectivity index (χ2n) is 3.49. The summed E-state index contributed by atoms with van der Waals surface area (Å²) in [5, 5.41) is 0. The van der Waals surface area contributed by atoms with Gasteiger partial charge in [-0.25, -0.2) is 0 Å². The van der Waals surface area contributed by atoms with Crippen LogP contribution in [0.1, 0.15) is 18.1 Å². The molecule has 0 saturated heterocycles. The fourth-order valence-corrected chi connectivity index (χ4v) is 1.60. The van der Waals surface area contributed by atoms with Crippen LogP contribution in [0.15, 0.2) is 18.2 Å². The van der Waals surface area contributed by atoms with E-state index in [4.69, 9.17) is 11.6 Å². The molecule has 0 aliphatic heterocycles. The smallest absolute Gasteiger partial charge is 0.375 e. The molecule has 1 nitrogen and oxygen atoms in total. The number of rotatable bonds is 3. The van der Waals surface area contributed by atoms with E-state index in [-0.39, 0.29) is 11.4 Å². The lowest BCUT2D eigenvalue weighted by Gasteiger charge is -2.20. The van der Waals surface area contributed by atoms with Gasteiger partial charge in [0.1, 0.15) is 0 Å². The van der Waals surface area contributed by atoms with E-state index in [2.05, 4.69) is 0 Å². The predicted molar refractivity (Wildman–Crippen MR) is 59.9 cm³/mol. The van der Waals surface area contributed by atoms with Crippen LogP contribution in [-0.4, -0.2) is 13.6 Å². The largest absolute Gasteiger partial charge is 0.416 e. The molecular weight excluding hydrogens is 239 g/mol. The van der Waals surface area contributed by atoms with Gasteiger partial charge < -0.3 is 4.90 Å². The van der Waals surface area contributed by atoms with Crippen molar-refractivity contribution in [2.24, 2.45) is 0 Å². The average Bonchev–Trinajstić information content (AvgIpc) is 2.26. The van der Waals surface area contributed by atoms with Crippen molar-refractivity contribution in [3.05, 3.63) is 29.3 Å². The van der Waals surface area contributed by atoms with Crippen LogP contribution in [0.5, 0.6) is 0 Å². The van der Waals surface area contributed by atoms with Crippen LogP contribution in [0, 0.1) is 0 Å². The summed E-state index contributed by atoms with van der Waals surface area (Å²) >= 11 is 5.49. The van der Waals surface area contributed by atoms with Crippen LogP contribution in [0.25, 0.3) is 0 Å². The van der Waals surface area contributed by atoms with Crippen molar-refractivity contribution in [3.8, 4) is 0 Å². The fraction of sp³-hybridized carbons (Fsp3) is 0.455. The fourth-order valence-electron chi connectivity index (χ4n) is 1.36. The van der Waals surface area contributed by atoms with Crippen LogP contribution < -0.4 is 4.90 Å². The van der Waals surface area contributed by atoms with Gasteiger partial charge in [-0.1, -0.05) is 6.07 Å². The highest BCUT2D eigenvalue weighted by Gasteiger charge is 2.33. The maximum atomic E-state index is 12.7. The molecule has 1 rings (SSSR count). The van der Waals surface area contributed by atoms with E-state index in [0.717, 1.165) is 6.07 Å². The van der Waals surface area contributed by atoms with Gasteiger partial charge in [-0.05, 0) is 24.6 Å². The lowest BCUT2D eigenvalue weighted by atomic mass is 10.1. The molecular formula is C11H13ClF3N. The van der Waals surface area contributed by atoms with Gasteiger partial charge in [0.2, 0.25) is 0 Å². The molecule has 0 heterocycles. The first-order valence-corrected chi connectivity index (χ1v) is 5.40. The Labute approximate surface area is 97.8 Å². The minimum atomic E-state index is -4.35. The predicted octanol–water partition coefficient (Wildman–Crippen LogP) is 3.90. The highest BCUT2D eigenvalue weighted by molar-refractivity contribution is 6.17. The number of halogens is 4. The molecule has 0 fully saturated rings. The van der Waals surface area contributed by atoms with Crippen molar-refractivity contribution in [2.45, 2.75) is 19.0 Å². The summed E-state index contributed by atoms with van der Waals surface area (Å²) in [7, 11) is 1.75. The maximum absolute atomic E-state index is 12.7. The van der Waals surface area contributed by atoms with Gasteiger partial charge in [0.25, 0.3) is 0 Å². The van der Waals surface area contributed by atoms with E-state index in [1.807, 2.05) is 6.92 Å². The Morgan fingerprint density at radius 2 is 1.94 bits per heavy atom. The van der Waals surface area contributed by atoms with Crippen LogP contribution in [0.4, 0.5) is 18.9 Å². The number of anilines is 1. The van der Waals surface area contributed by atoms with Crippen molar-refractivity contribution in [3.63, 3.8) is 0 Å². The van der Waals surface area contributed by atoms with Gasteiger partial charge in [-0.15, -0.1) is 11.6 Å². The number of alkyl halides is 4. The zero-order chi connectivity index (χ0) is 12.3. The molecule has 0 bridgehead atoms. The quantitative estimate of drug-likeness (QED) is 0.737. The minimum absolute atomic E-state index is 0.113. The van der Waals surface area contributed by atoms with Gasteiger partial charge in [-0.2, -0.15) is 13.2 Å². The van der Waals surface area contributed by atoms with Crippen molar-refractivity contribution in [1.82, 2.24) is 0 Å². The molecule has 0 atom stereocenters. The number of nitrogens with zero attached hydrogens (tertiary/aromatic N) is 1. The van der Waals surface area contributed by atoms with Crippen molar-refractivity contribution >= 4 is 17.3 Å². The molecule has 5 heteroatoms. The van der Waals surface area contributed by atoms with E-state index in [1.54, 1.807) is 18.0 Å². The van der Waals surface area contributed by atoms with Crippen molar-refractivity contribution < 1.29 is 13.2 Å². The van der Waals surface area contributed by atoms with E-state index < -0.39 is 11.7 Å². The van der Waals surface area contributed by atoms with E-state index >= 15 is 0 Å².